The third kappa shape index (κ3) is 3.10. The SMILES string of the molecule is N/C(=N\OC(=O)c1c(F)c(F)c(F)c(F)c1F)c1ccccn1. The highest BCUT2D eigenvalue weighted by Crippen LogP contribution is 2.23. The minimum absolute atomic E-state index is 0.0673. The van der Waals surface area contributed by atoms with Crippen LogP contribution in [-0.4, -0.2) is 16.8 Å². The van der Waals surface area contributed by atoms with E-state index in [4.69, 9.17) is 5.73 Å². The lowest BCUT2D eigenvalue weighted by atomic mass is 10.1. The molecule has 0 bridgehead atoms. The van der Waals surface area contributed by atoms with Crippen LogP contribution in [0.1, 0.15) is 16.1 Å². The number of nitrogens with two attached hydrogens (primary N) is 1. The zero-order chi connectivity index (χ0) is 17.1. The standard InChI is InChI=1S/C13H6F5N3O2/c14-7-6(8(15)10(17)11(18)9(7)16)13(22)23-21-12(19)5-3-1-2-4-20-5/h1-4H,(H2,19,21). The van der Waals surface area contributed by atoms with E-state index in [0.717, 1.165) is 0 Å². The molecule has 0 saturated heterocycles. The van der Waals surface area contributed by atoms with Gasteiger partial charge >= 0.3 is 5.97 Å². The number of carbonyl (C=O) groups is 1. The Balaban J connectivity index is 2.32. The fraction of sp³-hybridized carbons (Fsp3) is 0. The van der Waals surface area contributed by atoms with Crippen molar-refractivity contribution < 1.29 is 31.6 Å². The third-order valence-corrected chi connectivity index (χ3v) is 2.57. The summed E-state index contributed by atoms with van der Waals surface area (Å²) < 4.78 is 65.6. The molecule has 0 radical (unpaired) electrons. The lowest BCUT2D eigenvalue weighted by molar-refractivity contribution is 0.0501. The van der Waals surface area contributed by atoms with Crippen LogP contribution >= 0.6 is 0 Å². The summed E-state index contributed by atoms with van der Waals surface area (Å²) in [6.45, 7) is 0. The average molecular weight is 331 g/mol. The lowest BCUT2D eigenvalue weighted by Crippen LogP contribution is -2.18. The molecule has 2 aromatic rings. The van der Waals surface area contributed by atoms with Crippen LogP contribution in [0.2, 0.25) is 0 Å². The van der Waals surface area contributed by atoms with Gasteiger partial charge in [-0.1, -0.05) is 11.2 Å². The van der Waals surface area contributed by atoms with Gasteiger partial charge in [0.15, 0.2) is 29.1 Å². The summed E-state index contributed by atoms with van der Waals surface area (Å²) in [5, 5.41) is 3.05. The minimum Gasteiger partial charge on any atom is -0.379 e. The van der Waals surface area contributed by atoms with Crippen molar-refractivity contribution in [1.82, 2.24) is 4.98 Å². The van der Waals surface area contributed by atoms with Crippen LogP contribution in [0.3, 0.4) is 0 Å². The lowest BCUT2D eigenvalue weighted by Gasteiger charge is -2.05. The van der Waals surface area contributed by atoms with Gasteiger partial charge in [-0.05, 0) is 12.1 Å². The van der Waals surface area contributed by atoms with Crippen LogP contribution in [0.5, 0.6) is 0 Å². The number of benzene rings is 1. The van der Waals surface area contributed by atoms with E-state index >= 15 is 0 Å². The molecule has 2 rings (SSSR count). The van der Waals surface area contributed by atoms with E-state index in [9.17, 15) is 26.7 Å². The van der Waals surface area contributed by atoms with Gasteiger partial charge in [-0.2, -0.15) is 0 Å². The van der Waals surface area contributed by atoms with Gasteiger partial charge in [0.05, 0.1) is 0 Å². The van der Waals surface area contributed by atoms with Crippen molar-refractivity contribution in [3.8, 4) is 0 Å². The topological polar surface area (TPSA) is 77.6 Å². The smallest absolute Gasteiger partial charge is 0.372 e. The molecular formula is C13H6F5N3O2. The predicted molar refractivity (Wildman–Crippen MR) is 66.6 cm³/mol. The van der Waals surface area contributed by atoms with Crippen molar-refractivity contribution in [2.24, 2.45) is 10.9 Å². The first-order valence-corrected chi connectivity index (χ1v) is 5.82. The molecule has 0 saturated carbocycles. The fourth-order valence-electron chi connectivity index (χ4n) is 1.48. The molecule has 0 aliphatic carbocycles. The quantitative estimate of drug-likeness (QED) is 0.178. The molecule has 10 heteroatoms. The van der Waals surface area contributed by atoms with E-state index in [1.165, 1.54) is 18.3 Å². The minimum atomic E-state index is -2.40. The molecule has 1 aromatic carbocycles. The van der Waals surface area contributed by atoms with E-state index in [0.29, 0.717) is 0 Å². The van der Waals surface area contributed by atoms with E-state index in [1.807, 2.05) is 0 Å². The third-order valence-electron chi connectivity index (χ3n) is 2.57. The van der Waals surface area contributed by atoms with Crippen LogP contribution in [0.4, 0.5) is 22.0 Å². The molecule has 5 nitrogen and oxygen atoms in total. The normalized spacial score (nSPS) is 11.4. The number of amidine groups is 1. The molecule has 1 aromatic heterocycles. The Morgan fingerprint density at radius 1 is 1.00 bits per heavy atom. The van der Waals surface area contributed by atoms with Crippen LogP contribution < -0.4 is 5.73 Å². The van der Waals surface area contributed by atoms with E-state index in [1.54, 1.807) is 6.07 Å². The van der Waals surface area contributed by atoms with Crippen molar-refractivity contribution in [3.05, 3.63) is 64.7 Å². The van der Waals surface area contributed by atoms with E-state index in [2.05, 4.69) is 15.0 Å². The molecule has 0 spiro atoms. The zero-order valence-corrected chi connectivity index (χ0v) is 11.0. The Morgan fingerprint density at radius 3 is 2.09 bits per heavy atom. The van der Waals surface area contributed by atoms with Crippen molar-refractivity contribution in [2.45, 2.75) is 0 Å². The number of aromatic nitrogens is 1. The summed E-state index contributed by atoms with van der Waals surface area (Å²) in [6.07, 6.45) is 1.34. The Kier molecular flexibility index (Phi) is 4.53. The maximum Gasteiger partial charge on any atom is 0.372 e. The summed E-state index contributed by atoms with van der Waals surface area (Å²) in [5.74, 6) is -14.0. The fourth-order valence-corrected chi connectivity index (χ4v) is 1.48. The Labute approximate surface area is 125 Å². The first kappa shape index (κ1) is 16.3. The van der Waals surface area contributed by atoms with Crippen LogP contribution in [-0.2, 0) is 4.84 Å². The van der Waals surface area contributed by atoms with Crippen molar-refractivity contribution in [3.63, 3.8) is 0 Å². The van der Waals surface area contributed by atoms with Gasteiger partial charge in [0.25, 0.3) is 0 Å². The second-order valence-corrected chi connectivity index (χ2v) is 4.02. The number of pyridine rings is 1. The summed E-state index contributed by atoms with van der Waals surface area (Å²) in [4.78, 5) is 19.3. The van der Waals surface area contributed by atoms with Gasteiger partial charge in [0, 0.05) is 6.20 Å². The molecule has 0 unspecified atom stereocenters. The van der Waals surface area contributed by atoms with Crippen LogP contribution in [0.15, 0.2) is 29.6 Å². The largest absolute Gasteiger partial charge is 0.379 e. The van der Waals surface area contributed by atoms with Crippen LogP contribution in [0, 0.1) is 29.1 Å². The maximum atomic E-state index is 13.4. The average Bonchev–Trinajstić information content (AvgIpc) is 2.57. The monoisotopic (exact) mass is 331 g/mol. The first-order chi connectivity index (χ1) is 10.8. The summed E-state index contributed by atoms with van der Waals surface area (Å²) in [5.41, 5.74) is 3.68. The number of oxime groups is 1. The Bertz CT molecular complexity index is 767. The second kappa shape index (κ2) is 6.38. The summed E-state index contributed by atoms with van der Waals surface area (Å²) in [6, 6.07) is 4.46. The van der Waals surface area contributed by atoms with Crippen LogP contribution in [0.25, 0.3) is 0 Å². The van der Waals surface area contributed by atoms with Gasteiger partial charge in [-0.3, -0.25) is 4.98 Å². The molecule has 23 heavy (non-hydrogen) atoms. The molecule has 2 N–H and O–H groups in total. The Hall–Kier alpha value is -3.04. The molecule has 120 valence electrons. The van der Waals surface area contributed by atoms with E-state index in [-0.39, 0.29) is 5.69 Å². The molecule has 0 amide bonds. The molecule has 1 heterocycles. The van der Waals surface area contributed by atoms with Gasteiger partial charge < -0.3 is 10.6 Å². The summed E-state index contributed by atoms with van der Waals surface area (Å²) >= 11 is 0. The molecule has 0 aliphatic rings. The number of halogens is 5. The maximum absolute atomic E-state index is 13.4. The Morgan fingerprint density at radius 2 is 1.57 bits per heavy atom. The highest BCUT2D eigenvalue weighted by atomic mass is 19.2. The molecule has 0 atom stereocenters. The molecular weight excluding hydrogens is 325 g/mol. The summed E-state index contributed by atoms with van der Waals surface area (Å²) in [7, 11) is 0. The highest BCUT2D eigenvalue weighted by molar-refractivity contribution is 5.96. The van der Waals surface area contributed by atoms with Crippen molar-refractivity contribution in [1.29, 1.82) is 0 Å². The predicted octanol–water partition coefficient (Wildman–Crippen LogP) is 2.25. The zero-order valence-electron chi connectivity index (χ0n) is 11.0. The highest BCUT2D eigenvalue weighted by Gasteiger charge is 2.31. The number of nitrogens with zero attached hydrogens (tertiary/aromatic N) is 2. The van der Waals surface area contributed by atoms with Crippen molar-refractivity contribution in [2.75, 3.05) is 0 Å². The number of hydrogen-bond donors (Lipinski definition) is 1. The molecule has 0 fully saturated rings. The molecule has 0 aliphatic heterocycles. The number of carbonyl (C=O) groups excluding carboxylic acids is 1. The number of hydrogen-bond acceptors (Lipinski definition) is 4. The number of rotatable bonds is 3. The van der Waals surface area contributed by atoms with E-state index < -0.39 is 46.5 Å². The van der Waals surface area contributed by atoms with Gasteiger partial charge in [0.1, 0.15) is 11.3 Å². The van der Waals surface area contributed by atoms with Gasteiger partial charge in [-0.15, -0.1) is 0 Å². The first-order valence-electron chi connectivity index (χ1n) is 5.82. The second-order valence-electron chi connectivity index (χ2n) is 4.02. The van der Waals surface area contributed by atoms with Crippen molar-refractivity contribution >= 4 is 11.8 Å². The van der Waals surface area contributed by atoms with Gasteiger partial charge in [-0.25, -0.2) is 26.7 Å². The van der Waals surface area contributed by atoms with Gasteiger partial charge in [0.2, 0.25) is 5.82 Å².